The van der Waals surface area contributed by atoms with E-state index in [0.717, 1.165) is 33.0 Å². The van der Waals surface area contributed by atoms with Gasteiger partial charge in [-0.05, 0) is 64.5 Å². The first-order valence-corrected chi connectivity index (χ1v) is 12.5. The van der Waals surface area contributed by atoms with Gasteiger partial charge in [0, 0.05) is 21.2 Å². The molecule has 0 N–H and O–H groups in total. The van der Waals surface area contributed by atoms with Crippen molar-refractivity contribution in [3.05, 3.63) is 116 Å². The van der Waals surface area contributed by atoms with Crippen LogP contribution in [-0.2, 0) is 17.9 Å². The fourth-order valence-electron chi connectivity index (χ4n) is 3.90. The minimum Gasteiger partial charge on any atom is -0.488 e. The van der Waals surface area contributed by atoms with E-state index in [-0.39, 0.29) is 22.0 Å². The van der Waals surface area contributed by atoms with E-state index in [0.29, 0.717) is 22.9 Å². The summed E-state index contributed by atoms with van der Waals surface area (Å²) in [4.78, 5) is 27.1. The highest BCUT2D eigenvalue weighted by atomic mass is 35.5. The number of carbonyl (C=O) groups excluding carboxylic acids is 2. The number of fused-ring (bicyclic) bond motifs is 1. The van der Waals surface area contributed by atoms with Crippen molar-refractivity contribution in [3.63, 3.8) is 0 Å². The van der Waals surface area contributed by atoms with Crippen molar-refractivity contribution < 1.29 is 18.7 Å². The molecule has 0 aliphatic carbocycles. The Balaban J connectivity index is 1.49. The number of nitrogens with zero attached hydrogens (tertiary/aromatic N) is 1. The van der Waals surface area contributed by atoms with E-state index in [9.17, 15) is 14.0 Å². The molecule has 1 saturated heterocycles. The topological polar surface area (TPSA) is 46.6 Å². The Morgan fingerprint density at radius 3 is 2.47 bits per heavy atom. The molecule has 5 rings (SSSR count). The summed E-state index contributed by atoms with van der Waals surface area (Å²) >= 11 is 12.9. The zero-order chi connectivity index (χ0) is 25.2. The Morgan fingerprint density at radius 2 is 1.69 bits per heavy atom. The molecule has 8 heteroatoms. The second-order valence-electron chi connectivity index (χ2n) is 8.08. The van der Waals surface area contributed by atoms with Crippen LogP contribution in [0.3, 0.4) is 0 Å². The van der Waals surface area contributed by atoms with Crippen LogP contribution in [0.1, 0.15) is 16.7 Å². The normalized spacial score (nSPS) is 14.8. The van der Waals surface area contributed by atoms with Crippen molar-refractivity contribution >= 4 is 63.0 Å². The Bertz CT molecular complexity index is 1500. The first kappa shape index (κ1) is 24.4. The molecule has 4 nitrogen and oxygen atoms in total. The molecule has 0 radical (unpaired) electrons. The van der Waals surface area contributed by atoms with Crippen LogP contribution >= 0.6 is 35.0 Å². The molecule has 1 fully saturated rings. The molecule has 0 atom stereocenters. The summed E-state index contributed by atoms with van der Waals surface area (Å²) in [7, 11) is 0. The van der Waals surface area contributed by atoms with E-state index in [1.165, 1.54) is 18.2 Å². The summed E-state index contributed by atoms with van der Waals surface area (Å²) in [5.74, 6) is -0.522. The molecule has 1 aliphatic rings. The first-order valence-electron chi connectivity index (χ1n) is 11.0. The quantitative estimate of drug-likeness (QED) is 0.233. The number of ether oxygens (including phenoxy) is 1. The van der Waals surface area contributed by atoms with Gasteiger partial charge < -0.3 is 4.74 Å². The molecular formula is C28H18Cl2FNO3S. The lowest BCUT2D eigenvalue weighted by molar-refractivity contribution is -0.123. The fraction of sp³-hybridized carbons (Fsp3) is 0.0714. The number of carbonyl (C=O) groups is 2. The van der Waals surface area contributed by atoms with Crippen LogP contribution in [0, 0.1) is 5.82 Å². The fourth-order valence-corrected chi connectivity index (χ4v) is 5.07. The monoisotopic (exact) mass is 537 g/mol. The molecule has 4 aromatic carbocycles. The van der Waals surface area contributed by atoms with Crippen molar-refractivity contribution in [2.75, 3.05) is 0 Å². The predicted molar refractivity (Wildman–Crippen MR) is 143 cm³/mol. The van der Waals surface area contributed by atoms with Gasteiger partial charge >= 0.3 is 0 Å². The number of benzene rings is 4. The first-order chi connectivity index (χ1) is 17.4. The number of thioether (sulfide) groups is 1. The van der Waals surface area contributed by atoms with Crippen LogP contribution in [0.25, 0.3) is 16.8 Å². The van der Waals surface area contributed by atoms with Crippen molar-refractivity contribution in [1.29, 1.82) is 0 Å². The number of halogens is 3. The van der Waals surface area contributed by atoms with E-state index in [2.05, 4.69) is 0 Å². The number of hydrogen-bond acceptors (Lipinski definition) is 4. The Morgan fingerprint density at radius 1 is 0.917 bits per heavy atom. The third-order valence-corrected chi connectivity index (χ3v) is 7.28. The van der Waals surface area contributed by atoms with Gasteiger partial charge in [0.05, 0.1) is 11.4 Å². The zero-order valence-corrected chi connectivity index (χ0v) is 21.0. The minimum atomic E-state index is -0.572. The molecule has 2 amide bonds. The lowest BCUT2D eigenvalue weighted by Crippen LogP contribution is -2.28. The minimum absolute atomic E-state index is 0.0971. The summed E-state index contributed by atoms with van der Waals surface area (Å²) in [6.07, 6.45) is 1.66. The maximum atomic E-state index is 14.3. The van der Waals surface area contributed by atoms with Crippen LogP contribution in [0.5, 0.6) is 5.75 Å². The molecule has 4 aromatic rings. The van der Waals surface area contributed by atoms with E-state index >= 15 is 0 Å². The van der Waals surface area contributed by atoms with Crippen molar-refractivity contribution in [3.8, 4) is 5.75 Å². The lowest BCUT2D eigenvalue weighted by Gasteiger charge is -2.14. The van der Waals surface area contributed by atoms with Gasteiger partial charge in [-0.3, -0.25) is 14.5 Å². The van der Waals surface area contributed by atoms with Gasteiger partial charge in [0.15, 0.2) is 0 Å². The van der Waals surface area contributed by atoms with E-state index < -0.39 is 17.0 Å². The maximum Gasteiger partial charge on any atom is 0.293 e. The van der Waals surface area contributed by atoms with Crippen LogP contribution in [0.4, 0.5) is 9.18 Å². The second-order valence-corrected chi connectivity index (χ2v) is 9.92. The van der Waals surface area contributed by atoms with Gasteiger partial charge in [-0.2, -0.15) is 0 Å². The second kappa shape index (κ2) is 10.3. The summed E-state index contributed by atoms with van der Waals surface area (Å²) in [5.41, 5.74) is 1.71. The maximum absolute atomic E-state index is 14.3. The Labute approximate surface area is 221 Å². The van der Waals surface area contributed by atoms with Gasteiger partial charge in [0.1, 0.15) is 18.2 Å². The summed E-state index contributed by atoms with van der Waals surface area (Å²) < 4.78 is 20.4. The SMILES string of the molecule is O=C1S/C(=C\c2c(OCc3ccc(Cl)cc3)ccc3ccccc23)C(=O)N1Cc1c(F)cccc1Cl. The van der Waals surface area contributed by atoms with Crippen LogP contribution in [-0.4, -0.2) is 16.0 Å². The van der Waals surface area contributed by atoms with E-state index in [4.69, 9.17) is 27.9 Å². The molecule has 0 spiro atoms. The summed E-state index contributed by atoms with van der Waals surface area (Å²) in [6, 6.07) is 23.1. The Hall–Kier alpha value is -3.32. The zero-order valence-electron chi connectivity index (χ0n) is 18.7. The molecule has 0 saturated carbocycles. The molecule has 1 aliphatic heterocycles. The number of imide groups is 1. The van der Waals surface area contributed by atoms with Crippen LogP contribution < -0.4 is 4.74 Å². The molecule has 0 unspecified atom stereocenters. The molecule has 0 bridgehead atoms. The van der Waals surface area contributed by atoms with Crippen LogP contribution in [0.15, 0.2) is 83.8 Å². The van der Waals surface area contributed by atoms with Crippen molar-refractivity contribution in [2.45, 2.75) is 13.2 Å². The average molecular weight is 538 g/mol. The molecule has 36 heavy (non-hydrogen) atoms. The van der Waals surface area contributed by atoms with Crippen molar-refractivity contribution in [1.82, 2.24) is 4.90 Å². The third kappa shape index (κ3) is 4.98. The Kier molecular flexibility index (Phi) is 7.01. The summed E-state index contributed by atoms with van der Waals surface area (Å²) in [5, 5.41) is 2.13. The highest BCUT2D eigenvalue weighted by molar-refractivity contribution is 8.18. The molecule has 0 aromatic heterocycles. The third-order valence-electron chi connectivity index (χ3n) is 5.77. The van der Waals surface area contributed by atoms with Crippen LogP contribution in [0.2, 0.25) is 10.0 Å². The standard InChI is InChI=1S/C28H18Cl2FNO3S/c29-19-11-8-17(9-12-19)16-35-25-13-10-18-4-1-2-5-20(18)21(25)14-26-27(33)32(28(34)36-26)15-22-23(30)6-3-7-24(22)31/h1-14H,15-16H2/b26-14-. The van der Waals surface area contributed by atoms with Gasteiger partial charge in [0.25, 0.3) is 11.1 Å². The van der Waals surface area contributed by atoms with E-state index in [1.54, 1.807) is 18.2 Å². The number of amides is 2. The number of rotatable bonds is 6. The highest BCUT2D eigenvalue weighted by Gasteiger charge is 2.36. The van der Waals surface area contributed by atoms with Gasteiger partial charge in [-0.15, -0.1) is 0 Å². The summed E-state index contributed by atoms with van der Waals surface area (Å²) in [6.45, 7) is 0.0482. The van der Waals surface area contributed by atoms with Gasteiger partial charge in [-0.1, -0.05) is 71.7 Å². The molecule has 1 heterocycles. The van der Waals surface area contributed by atoms with E-state index in [1.807, 2.05) is 48.5 Å². The van der Waals surface area contributed by atoms with Crippen molar-refractivity contribution in [2.24, 2.45) is 0 Å². The van der Waals surface area contributed by atoms with Gasteiger partial charge in [-0.25, -0.2) is 4.39 Å². The highest BCUT2D eigenvalue weighted by Crippen LogP contribution is 2.38. The average Bonchev–Trinajstić information content (AvgIpc) is 3.14. The largest absolute Gasteiger partial charge is 0.488 e. The molecule has 180 valence electrons. The number of hydrogen-bond donors (Lipinski definition) is 0. The molecular weight excluding hydrogens is 520 g/mol. The predicted octanol–water partition coefficient (Wildman–Crippen LogP) is 8.10. The smallest absolute Gasteiger partial charge is 0.293 e. The van der Waals surface area contributed by atoms with Gasteiger partial charge in [0.2, 0.25) is 0 Å². The lowest BCUT2D eigenvalue weighted by atomic mass is 10.0.